The summed E-state index contributed by atoms with van der Waals surface area (Å²) >= 11 is 0. The summed E-state index contributed by atoms with van der Waals surface area (Å²) in [6.45, 7) is 3.76. The van der Waals surface area contributed by atoms with Crippen molar-refractivity contribution >= 4 is 0 Å². The van der Waals surface area contributed by atoms with Crippen LogP contribution in [0.25, 0.3) is 0 Å². The Morgan fingerprint density at radius 1 is 1.28 bits per heavy atom. The Kier molecular flexibility index (Phi) is 3.53. The highest BCUT2D eigenvalue weighted by molar-refractivity contribution is 5.32. The van der Waals surface area contributed by atoms with E-state index in [0.29, 0.717) is 11.3 Å². The fourth-order valence-electron chi connectivity index (χ4n) is 1.55. The molecule has 2 rings (SSSR count). The molecule has 0 atom stereocenters. The standard InChI is InChI=1S/C13H14FN3O/c1-8-4-3-5-11(12(8)14)18-13-16-9(2)6-10(7-15)17-13/h3-6H,7,15H2,1-2H3. The second-order valence-electron chi connectivity index (χ2n) is 3.98. The van der Waals surface area contributed by atoms with Crippen LogP contribution < -0.4 is 10.5 Å². The summed E-state index contributed by atoms with van der Waals surface area (Å²) in [6.07, 6.45) is 0. The molecular formula is C13H14FN3O. The van der Waals surface area contributed by atoms with Gasteiger partial charge >= 0.3 is 6.01 Å². The smallest absolute Gasteiger partial charge is 0.322 e. The molecule has 0 saturated heterocycles. The minimum atomic E-state index is -0.406. The lowest BCUT2D eigenvalue weighted by Crippen LogP contribution is -2.04. The number of nitrogens with two attached hydrogens (primary N) is 1. The van der Waals surface area contributed by atoms with Crippen molar-refractivity contribution < 1.29 is 9.13 Å². The van der Waals surface area contributed by atoms with Crippen LogP contribution >= 0.6 is 0 Å². The first-order chi connectivity index (χ1) is 8.60. The van der Waals surface area contributed by atoms with Crippen LogP contribution in [0.5, 0.6) is 11.8 Å². The molecule has 0 saturated carbocycles. The van der Waals surface area contributed by atoms with E-state index >= 15 is 0 Å². The lowest BCUT2D eigenvalue weighted by molar-refractivity contribution is 0.406. The van der Waals surface area contributed by atoms with E-state index in [-0.39, 0.29) is 18.3 Å². The second-order valence-corrected chi connectivity index (χ2v) is 3.98. The molecule has 2 aromatic rings. The van der Waals surface area contributed by atoms with E-state index < -0.39 is 5.82 Å². The highest BCUT2D eigenvalue weighted by atomic mass is 19.1. The predicted molar refractivity (Wildman–Crippen MR) is 65.9 cm³/mol. The Morgan fingerprint density at radius 3 is 2.78 bits per heavy atom. The molecule has 0 aliphatic heterocycles. The fourth-order valence-corrected chi connectivity index (χ4v) is 1.55. The van der Waals surface area contributed by atoms with E-state index in [1.54, 1.807) is 32.0 Å². The minimum Gasteiger partial charge on any atom is -0.421 e. The number of aromatic nitrogens is 2. The monoisotopic (exact) mass is 247 g/mol. The molecule has 18 heavy (non-hydrogen) atoms. The number of aryl methyl sites for hydroxylation is 2. The van der Waals surface area contributed by atoms with Crippen molar-refractivity contribution in [1.29, 1.82) is 0 Å². The van der Waals surface area contributed by atoms with Crippen LogP contribution in [-0.4, -0.2) is 9.97 Å². The van der Waals surface area contributed by atoms with Gasteiger partial charge in [0.25, 0.3) is 0 Å². The van der Waals surface area contributed by atoms with Crippen LogP contribution in [0, 0.1) is 19.7 Å². The average Bonchev–Trinajstić information content (AvgIpc) is 2.34. The molecule has 1 aromatic carbocycles. The van der Waals surface area contributed by atoms with Gasteiger partial charge in [0.05, 0.1) is 5.69 Å². The Bertz CT molecular complexity index is 572. The van der Waals surface area contributed by atoms with Gasteiger partial charge in [-0.2, -0.15) is 4.98 Å². The van der Waals surface area contributed by atoms with Crippen molar-refractivity contribution in [1.82, 2.24) is 9.97 Å². The molecule has 0 aliphatic carbocycles. The van der Waals surface area contributed by atoms with Gasteiger partial charge in [-0.05, 0) is 31.5 Å². The summed E-state index contributed by atoms with van der Waals surface area (Å²) in [5, 5.41) is 0. The lowest BCUT2D eigenvalue weighted by atomic mass is 10.2. The Morgan fingerprint density at radius 2 is 2.06 bits per heavy atom. The zero-order valence-electron chi connectivity index (χ0n) is 10.3. The maximum atomic E-state index is 13.8. The van der Waals surface area contributed by atoms with E-state index in [1.165, 1.54) is 6.07 Å². The first-order valence-corrected chi connectivity index (χ1v) is 5.57. The highest BCUT2D eigenvalue weighted by Crippen LogP contribution is 2.24. The van der Waals surface area contributed by atoms with Gasteiger partial charge in [-0.3, -0.25) is 0 Å². The van der Waals surface area contributed by atoms with Gasteiger partial charge < -0.3 is 10.5 Å². The van der Waals surface area contributed by atoms with Crippen molar-refractivity contribution in [2.24, 2.45) is 5.73 Å². The molecule has 0 spiro atoms. The van der Waals surface area contributed by atoms with Crippen LogP contribution in [0.3, 0.4) is 0 Å². The molecule has 94 valence electrons. The quantitative estimate of drug-likeness (QED) is 0.905. The van der Waals surface area contributed by atoms with E-state index in [1.807, 2.05) is 0 Å². The topological polar surface area (TPSA) is 61.0 Å². The molecule has 0 unspecified atom stereocenters. The zero-order valence-corrected chi connectivity index (χ0v) is 10.3. The van der Waals surface area contributed by atoms with Crippen molar-refractivity contribution in [2.45, 2.75) is 20.4 Å². The molecule has 0 radical (unpaired) electrons. The summed E-state index contributed by atoms with van der Waals surface area (Å²) in [4.78, 5) is 8.19. The highest BCUT2D eigenvalue weighted by Gasteiger charge is 2.09. The van der Waals surface area contributed by atoms with Crippen LogP contribution in [0.4, 0.5) is 4.39 Å². The molecule has 1 heterocycles. The lowest BCUT2D eigenvalue weighted by Gasteiger charge is -2.08. The Labute approximate surface area is 105 Å². The SMILES string of the molecule is Cc1cc(CN)nc(Oc2cccc(C)c2F)n1. The number of ether oxygens (including phenoxy) is 1. The molecule has 0 amide bonds. The van der Waals surface area contributed by atoms with Crippen molar-refractivity contribution in [3.05, 3.63) is 47.0 Å². The van der Waals surface area contributed by atoms with Crippen LogP contribution in [0.2, 0.25) is 0 Å². The number of benzene rings is 1. The molecule has 0 aliphatic rings. The van der Waals surface area contributed by atoms with Crippen molar-refractivity contribution in [3.8, 4) is 11.8 Å². The number of rotatable bonds is 3. The van der Waals surface area contributed by atoms with Gasteiger partial charge in [0.15, 0.2) is 11.6 Å². The molecule has 5 heteroatoms. The van der Waals surface area contributed by atoms with Crippen molar-refractivity contribution in [2.75, 3.05) is 0 Å². The Hall–Kier alpha value is -2.01. The van der Waals surface area contributed by atoms with Gasteiger partial charge in [0, 0.05) is 12.2 Å². The van der Waals surface area contributed by atoms with Gasteiger partial charge in [0.2, 0.25) is 0 Å². The largest absolute Gasteiger partial charge is 0.421 e. The zero-order chi connectivity index (χ0) is 13.1. The number of nitrogens with zero attached hydrogens (tertiary/aromatic N) is 2. The number of halogens is 1. The summed E-state index contributed by atoms with van der Waals surface area (Å²) in [5.74, 6) is -0.291. The molecule has 1 aromatic heterocycles. The molecular weight excluding hydrogens is 233 g/mol. The van der Waals surface area contributed by atoms with Gasteiger partial charge in [-0.15, -0.1) is 0 Å². The third-order valence-electron chi connectivity index (χ3n) is 2.45. The normalized spacial score (nSPS) is 10.4. The van der Waals surface area contributed by atoms with E-state index in [4.69, 9.17) is 10.5 Å². The van der Waals surface area contributed by atoms with Crippen LogP contribution in [0.1, 0.15) is 17.0 Å². The van der Waals surface area contributed by atoms with E-state index in [9.17, 15) is 4.39 Å². The van der Waals surface area contributed by atoms with Gasteiger partial charge in [-0.1, -0.05) is 12.1 Å². The molecule has 4 nitrogen and oxygen atoms in total. The van der Waals surface area contributed by atoms with Gasteiger partial charge in [0.1, 0.15) is 0 Å². The summed E-state index contributed by atoms with van der Waals surface area (Å²) in [6, 6.07) is 6.80. The molecule has 0 fully saturated rings. The third kappa shape index (κ3) is 2.62. The van der Waals surface area contributed by atoms with Crippen LogP contribution in [0.15, 0.2) is 24.3 Å². The maximum absolute atomic E-state index is 13.8. The minimum absolute atomic E-state index is 0.111. The van der Waals surface area contributed by atoms with E-state index in [2.05, 4.69) is 9.97 Å². The summed E-state index contributed by atoms with van der Waals surface area (Å²) in [5.41, 5.74) is 7.42. The third-order valence-corrected chi connectivity index (χ3v) is 2.45. The predicted octanol–water partition coefficient (Wildman–Crippen LogP) is 2.48. The average molecular weight is 247 g/mol. The molecule has 0 bridgehead atoms. The first kappa shape index (κ1) is 12.4. The van der Waals surface area contributed by atoms with Gasteiger partial charge in [-0.25, -0.2) is 9.37 Å². The Balaban J connectivity index is 2.34. The fraction of sp³-hybridized carbons (Fsp3) is 0.231. The van der Waals surface area contributed by atoms with Crippen molar-refractivity contribution in [3.63, 3.8) is 0 Å². The summed E-state index contributed by atoms with van der Waals surface area (Å²) in [7, 11) is 0. The first-order valence-electron chi connectivity index (χ1n) is 5.57. The van der Waals surface area contributed by atoms with Crippen LogP contribution in [-0.2, 0) is 6.54 Å². The summed E-state index contributed by atoms with van der Waals surface area (Å²) < 4.78 is 19.1. The number of hydrogen-bond acceptors (Lipinski definition) is 4. The molecule has 2 N–H and O–H groups in total. The van der Waals surface area contributed by atoms with E-state index in [0.717, 1.165) is 5.69 Å². The maximum Gasteiger partial charge on any atom is 0.322 e. The number of hydrogen-bond donors (Lipinski definition) is 1. The second kappa shape index (κ2) is 5.10.